The lowest BCUT2D eigenvalue weighted by Crippen LogP contribution is -2.23. The normalized spacial score (nSPS) is 10.4. The molecule has 0 saturated heterocycles. The molecule has 0 atom stereocenters. The van der Waals surface area contributed by atoms with Gasteiger partial charge in [0.15, 0.2) is 0 Å². The van der Waals surface area contributed by atoms with E-state index in [-0.39, 0.29) is 0 Å². The van der Waals surface area contributed by atoms with Gasteiger partial charge in [0, 0.05) is 30.7 Å². The molecule has 19 heavy (non-hydrogen) atoms. The molecule has 0 spiro atoms. The zero-order valence-corrected chi connectivity index (χ0v) is 11.0. The maximum atomic E-state index is 5.74. The highest BCUT2D eigenvalue weighted by molar-refractivity contribution is 5.92. The summed E-state index contributed by atoms with van der Waals surface area (Å²) in [5.74, 6) is 0. The molecule has 3 heteroatoms. The van der Waals surface area contributed by atoms with Crippen molar-refractivity contribution in [2.75, 3.05) is 18.0 Å². The average molecular weight is 253 g/mol. The number of hydrogen-bond acceptors (Lipinski definition) is 3. The Morgan fingerprint density at radius 2 is 1.84 bits per heavy atom. The largest absolute Gasteiger partial charge is 0.364 e. The zero-order chi connectivity index (χ0) is 13.7. The second-order valence-electron chi connectivity index (χ2n) is 4.34. The molecule has 0 aliphatic heterocycles. The first-order chi connectivity index (χ1) is 9.30. The van der Waals surface area contributed by atoms with E-state index in [1.165, 1.54) is 0 Å². The minimum atomic E-state index is 0.438. The number of hydrogen-bond donors (Lipinski definition) is 1. The van der Waals surface area contributed by atoms with Crippen LogP contribution >= 0.6 is 0 Å². The van der Waals surface area contributed by atoms with Crippen LogP contribution in [-0.4, -0.2) is 18.1 Å². The second kappa shape index (κ2) is 6.16. The van der Waals surface area contributed by atoms with Crippen LogP contribution < -0.4 is 10.6 Å². The van der Waals surface area contributed by atoms with Gasteiger partial charge in [-0.1, -0.05) is 30.4 Å². The predicted molar refractivity (Wildman–Crippen MR) is 82.2 cm³/mol. The summed E-state index contributed by atoms with van der Waals surface area (Å²) in [5, 5.41) is 1.13. The van der Waals surface area contributed by atoms with Gasteiger partial charge in [0.25, 0.3) is 0 Å². The second-order valence-corrected chi connectivity index (χ2v) is 4.34. The average Bonchev–Trinajstić information content (AvgIpc) is 2.46. The summed E-state index contributed by atoms with van der Waals surface area (Å²) < 4.78 is 0. The minimum absolute atomic E-state index is 0.438. The number of para-hydroxylation sites is 1. The van der Waals surface area contributed by atoms with Crippen molar-refractivity contribution >= 4 is 16.6 Å². The molecule has 0 aliphatic rings. The summed E-state index contributed by atoms with van der Waals surface area (Å²) in [6.45, 7) is 9.60. The van der Waals surface area contributed by atoms with E-state index >= 15 is 0 Å². The first kappa shape index (κ1) is 13.3. The maximum absolute atomic E-state index is 5.74. The number of nitrogens with two attached hydrogens (primary N) is 1. The molecule has 0 unspecified atom stereocenters. The van der Waals surface area contributed by atoms with Crippen LogP contribution in [0.2, 0.25) is 0 Å². The molecule has 0 radical (unpaired) electrons. The van der Waals surface area contributed by atoms with Gasteiger partial charge in [-0.2, -0.15) is 0 Å². The van der Waals surface area contributed by atoms with Gasteiger partial charge >= 0.3 is 0 Å². The van der Waals surface area contributed by atoms with Crippen LogP contribution in [0.25, 0.3) is 10.9 Å². The molecule has 1 heterocycles. The van der Waals surface area contributed by atoms with Gasteiger partial charge < -0.3 is 10.6 Å². The lowest BCUT2D eigenvalue weighted by molar-refractivity contribution is 0.946. The van der Waals surface area contributed by atoms with Crippen LogP contribution in [0.3, 0.4) is 0 Å². The van der Waals surface area contributed by atoms with E-state index in [1.807, 2.05) is 30.4 Å². The third-order valence-electron chi connectivity index (χ3n) is 3.00. The highest BCUT2D eigenvalue weighted by Crippen LogP contribution is 2.26. The zero-order valence-electron chi connectivity index (χ0n) is 11.0. The smallest absolute Gasteiger partial charge is 0.0726 e. The van der Waals surface area contributed by atoms with E-state index in [0.717, 1.165) is 35.4 Å². The first-order valence-corrected chi connectivity index (χ1v) is 6.35. The quantitative estimate of drug-likeness (QED) is 0.805. The van der Waals surface area contributed by atoms with Crippen molar-refractivity contribution in [1.29, 1.82) is 0 Å². The molecule has 98 valence electrons. The Morgan fingerprint density at radius 3 is 2.47 bits per heavy atom. The highest BCUT2D eigenvalue weighted by atomic mass is 15.1. The Morgan fingerprint density at radius 1 is 1.16 bits per heavy atom. The summed E-state index contributed by atoms with van der Waals surface area (Å²) >= 11 is 0. The fourth-order valence-electron chi connectivity index (χ4n) is 2.16. The van der Waals surface area contributed by atoms with Crippen molar-refractivity contribution in [3.63, 3.8) is 0 Å². The molecule has 2 rings (SSSR count). The van der Waals surface area contributed by atoms with Crippen molar-refractivity contribution in [2.45, 2.75) is 6.54 Å². The van der Waals surface area contributed by atoms with Crippen molar-refractivity contribution in [1.82, 2.24) is 4.98 Å². The van der Waals surface area contributed by atoms with Gasteiger partial charge in [-0.25, -0.2) is 0 Å². The fraction of sp³-hybridized carbons (Fsp3) is 0.188. The summed E-state index contributed by atoms with van der Waals surface area (Å²) in [7, 11) is 0. The van der Waals surface area contributed by atoms with Gasteiger partial charge in [-0.15, -0.1) is 13.2 Å². The molecule has 0 aliphatic carbocycles. The number of fused-ring (bicyclic) bond motifs is 1. The van der Waals surface area contributed by atoms with Crippen LogP contribution in [0, 0.1) is 0 Å². The van der Waals surface area contributed by atoms with Crippen molar-refractivity contribution in [3.8, 4) is 0 Å². The van der Waals surface area contributed by atoms with Crippen molar-refractivity contribution in [3.05, 3.63) is 61.3 Å². The monoisotopic (exact) mass is 253 g/mol. The maximum Gasteiger partial charge on any atom is 0.0726 e. The van der Waals surface area contributed by atoms with Gasteiger partial charge in [-0.3, -0.25) is 4.98 Å². The van der Waals surface area contributed by atoms with E-state index in [0.29, 0.717) is 6.54 Å². The van der Waals surface area contributed by atoms with Crippen LogP contribution in [0.15, 0.2) is 55.6 Å². The Balaban J connectivity index is 2.60. The van der Waals surface area contributed by atoms with Crippen molar-refractivity contribution in [2.24, 2.45) is 5.73 Å². The Bertz CT molecular complexity index is 580. The number of aromatic nitrogens is 1. The lowest BCUT2D eigenvalue weighted by atomic mass is 10.1. The SMILES string of the molecule is C=CCN(CC=C)c1cc(CN)nc2ccccc12. The molecular formula is C16H19N3. The summed E-state index contributed by atoms with van der Waals surface area (Å²) in [6.07, 6.45) is 3.78. The number of nitrogens with zero attached hydrogens (tertiary/aromatic N) is 2. The summed E-state index contributed by atoms with van der Waals surface area (Å²) in [5.41, 5.74) is 8.73. The van der Waals surface area contributed by atoms with Crippen LogP contribution in [0.4, 0.5) is 5.69 Å². The third kappa shape index (κ3) is 2.83. The van der Waals surface area contributed by atoms with E-state index in [4.69, 9.17) is 5.73 Å². The van der Waals surface area contributed by atoms with Crippen LogP contribution in [0.1, 0.15) is 5.69 Å². The molecule has 1 aromatic carbocycles. The molecular weight excluding hydrogens is 234 g/mol. The summed E-state index contributed by atoms with van der Waals surface area (Å²) in [6, 6.07) is 10.2. The van der Waals surface area contributed by atoms with E-state index in [2.05, 4.69) is 35.2 Å². The molecule has 0 fully saturated rings. The molecule has 2 aromatic rings. The Kier molecular flexibility index (Phi) is 4.31. The number of rotatable bonds is 6. The molecule has 2 N–H and O–H groups in total. The van der Waals surface area contributed by atoms with Gasteiger partial charge in [0.2, 0.25) is 0 Å². The highest BCUT2D eigenvalue weighted by Gasteiger charge is 2.10. The Labute approximate surface area is 114 Å². The van der Waals surface area contributed by atoms with Gasteiger partial charge in [-0.05, 0) is 12.1 Å². The van der Waals surface area contributed by atoms with E-state index in [1.54, 1.807) is 0 Å². The van der Waals surface area contributed by atoms with Crippen LogP contribution in [0.5, 0.6) is 0 Å². The topological polar surface area (TPSA) is 42.1 Å². The Hall–Kier alpha value is -2.13. The third-order valence-corrected chi connectivity index (χ3v) is 3.00. The van der Waals surface area contributed by atoms with E-state index < -0.39 is 0 Å². The lowest BCUT2D eigenvalue weighted by Gasteiger charge is -2.23. The first-order valence-electron chi connectivity index (χ1n) is 6.35. The number of pyridine rings is 1. The number of anilines is 1. The van der Waals surface area contributed by atoms with Gasteiger partial charge in [0.05, 0.1) is 11.2 Å². The van der Waals surface area contributed by atoms with Crippen molar-refractivity contribution < 1.29 is 0 Å². The fourth-order valence-corrected chi connectivity index (χ4v) is 2.16. The predicted octanol–water partition coefficient (Wildman–Crippen LogP) is 2.87. The van der Waals surface area contributed by atoms with E-state index in [9.17, 15) is 0 Å². The molecule has 3 nitrogen and oxygen atoms in total. The minimum Gasteiger partial charge on any atom is -0.364 e. The molecule has 0 saturated carbocycles. The molecule has 0 amide bonds. The van der Waals surface area contributed by atoms with Crippen LogP contribution in [-0.2, 0) is 6.54 Å². The van der Waals surface area contributed by atoms with Gasteiger partial charge in [0.1, 0.15) is 0 Å². The molecule has 0 bridgehead atoms. The number of benzene rings is 1. The summed E-state index contributed by atoms with van der Waals surface area (Å²) in [4.78, 5) is 6.77. The molecule has 1 aromatic heterocycles. The standard InChI is InChI=1S/C16H19N3/c1-3-9-19(10-4-2)16-11-13(12-17)18-15-8-6-5-7-14(15)16/h3-8,11H,1-2,9-10,12,17H2.